The number of rotatable bonds is 7. The van der Waals surface area contributed by atoms with Crippen LogP contribution in [0.25, 0.3) is 11.0 Å². The quantitative estimate of drug-likeness (QED) is 0.578. The second-order valence-corrected chi connectivity index (χ2v) is 8.76. The van der Waals surface area contributed by atoms with Gasteiger partial charge in [-0.3, -0.25) is 9.59 Å². The lowest BCUT2D eigenvalue weighted by Crippen LogP contribution is -2.39. The van der Waals surface area contributed by atoms with Gasteiger partial charge in [-0.1, -0.05) is 30.7 Å². The van der Waals surface area contributed by atoms with Gasteiger partial charge in [0, 0.05) is 24.7 Å². The van der Waals surface area contributed by atoms with E-state index < -0.39 is 0 Å². The molecule has 0 aliphatic carbocycles. The number of aromatic nitrogens is 2. The van der Waals surface area contributed by atoms with Crippen molar-refractivity contribution >= 4 is 16.9 Å². The molecule has 168 valence electrons. The summed E-state index contributed by atoms with van der Waals surface area (Å²) in [6.45, 7) is 7.37. The highest BCUT2D eigenvalue weighted by atomic mass is 16.1. The molecular formula is C26H32N4O2. The molecule has 6 nitrogen and oxygen atoms in total. The summed E-state index contributed by atoms with van der Waals surface area (Å²) in [5.41, 5.74) is 3.63. The molecule has 1 aromatic heterocycles. The van der Waals surface area contributed by atoms with Gasteiger partial charge in [0.1, 0.15) is 5.69 Å². The average molecular weight is 433 g/mol. The number of aryl methyl sites for hydroxylation is 1. The summed E-state index contributed by atoms with van der Waals surface area (Å²) < 4.78 is 1.74. The normalized spacial score (nSPS) is 16.9. The molecule has 1 aliphatic heterocycles. The SMILES string of the molecule is Cc1nc2ccccc2n(Cc2ccc(C(=O)NCCCN3CCCCC3C)cc2)c1=O. The number of nitrogens with zero attached hydrogens (tertiary/aromatic N) is 3. The minimum Gasteiger partial charge on any atom is -0.352 e. The average Bonchev–Trinajstić information content (AvgIpc) is 2.81. The zero-order valence-corrected chi connectivity index (χ0v) is 19.0. The summed E-state index contributed by atoms with van der Waals surface area (Å²) in [4.78, 5) is 32.1. The van der Waals surface area contributed by atoms with E-state index in [9.17, 15) is 9.59 Å². The van der Waals surface area contributed by atoms with Gasteiger partial charge in [0.15, 0.2) is 0 Å². The lowest BCUT2D eigenvalue weighted by molar-refractivity contribution is 0.0949. The van der Waals surface area contributed by atoms with Crippen molar-refractivity contribution in [3.63, 3.8) is 0 Å². The summed E-state index contributed by atoms with van der Waals surface area (Å²) in [5.74, 6) is -0.0504. The van der Waals surface area contributed by atoms with E-state index in [4.69, 9.17) is 0 Å². The van der Waals surface area contributed by atoms with Gasteiger partial charge in [-0.05, 0) is 69.5 Å². The minimum absolute atomic E-state index is 0.0504. The number of nitrogens with one attached hydrogen (secondary N) is 1. The van der Waals surface area contributed by atoms with Gasteiger partial charge < -0.3 is 14.8 Å². The van der Waals surface area contributed by atoms with Crippen LogP contribution in [0.2, 0.25) is 0 Å². The van der Waals surface area contributed by atoms with Crippen molar-refractivity contribution in [3.8, 4) is 0 Å². The molecule has 6 heteroatoms. The van der Waals surface area contributed by atoms with Gasteiger partial charge in [0.05, 0.1) is 17.6 Å². The molecule has 1 N–H and O–H groups in total. The van der Waals surface area contributed by atoms with Crippen LogP contribution in [0.1, 0.15) is 54.2 Å². The zero-order chi connectivity index (χ0) is 22.5. The van der Waals surface area contributed by atoms with Crippen LogP contribution in [0.15, 0.2) is 53.3 Å². The number of amides is 1. The van der Waals surface area contributed by atoms with Crippen molar-refractivity contribution in [2.45, 2.75) is 52.1 Å². The summed E-state index contributed by atoms with van der Waals surface area (Å²) in [5, 5.41) is 3.03. The minimum atomic E-state index is -0.0893. The molecule has 3 aromatic rings. The number of para-hydroxylation sites is 2. The first-order valence-electron chi connectivity index (χ1n) is 11.6. The fourth-order valence-electron chi connectivity index (χ4n) is 4.50. The van der Waals surface area contributed by atoms with E-state index in [0.717, 1.165) is 29.6 Å². The summed E-state index contributed by atoms with van der Waals surface area (Å²) in [7, 11) is 0. The molecule has 32 heavy (non-hydrogen) atoms. The number of benzene rings is 2. The Bertz CT molecular complexity index is 1140. The molecule has 0 radical (unpaired) electrons. The van der Waals surface area contributed by atoms with Crippen molar-refractivity contribution in [1.29, 1.82) is 0 Å². The van der Waals surface area contributed by atoms with Gasteiger partial charge in [-0.2, -0.15) is 0 Å². The van der Waals surface area contributed by atoms with Gasteiger partial charge in [0.25, 0.3) is 11.5 Å². The van der Waals surface area contributed by atoms with Gasteiger partial charge in [-0.15, -0.1) is 0 Å². The van der Waals surface area contributed by atoms with Crippen molar-refractivity contribution in [3.05, 3.63) is 75.7 Å². The molecule has 1 atom stereocenters. The molecular weight excluding hydrogens is 400 g/mol. The molecule has 0 bridgehead atoms. The summed E-state index contributed by atoms with van der Waals surface area (Å²) >= 11 is 0. The highest BCUT2D eigenvalue weighted by molar-refractivity contribution is 5.94. The van der Waals surface area contributed by atoms with Crippen LogP contribution in [0.3, 0.4) is 0 Å². The van der Waals surface area contributed by atoms with Crippen molar-refractivity contribution in [2.24, 2.45) is 0 Å². The maximum atomic E-state index is 12.7. The van der Waals surface area contributed by atoms with E-state index in [-0.39, 0.29) is 11.5 Å². The third-order valence-electron chi connectivity index (χ3n) is 6.42. The first-order chi connectivity index (χ1) is 15.5. The molecule has 1 amide bonds. The molecule has 1 saturated heterocycles. The maximum absolute atomic E-state index is 12.7. The number of fused-ring (bicyclic) bond motifs is 1. The third-order valence-corrected chi connectivity index (χ3v) is 6.42. The van der Waals surface area contributed by atoms with Gasteiger partial charge in [-0.25, -0.2) is 4.98 Å². The Morgan fingerprint density at radius 1 is 1.12 bits per heavy atom. The Morgan fingerprint density at radius 3 is 2.69 bits per heavy atom. The van der Waals surface area contributed by atoms with Crippen LogP contribution in [0.4, 0.5) is 0 Å². The Morgan fingerprint density at radius 2 is 1.91 bits per heavy atom. The van der Waals surface area contributed by atoms with E-state index in [2.05, 4.69) is 22.1 Å². The lowest BCUT2D eigenvalue weighted by Gasteiger charge is -2.33. The van der Waals surface area contributed by atoms with Crippen LogP contribution < -0.4 is 10.9 Å². The first kappa shape index (κ1) is 22.2. The molecule has 1 aliphatic rings. The summed E-state index contributed by atoms with van der Waals surface area (Å²) in [6, 6.07) is 15.8. The van der Waals surface area contributed by atoms with Gasteiger partial charge in [0.2, 0.25) is 0 Å². The largest absolute Gasteiger partial charge is 0.352 e. The van der Waals surface area contributed by atoms with Crippen molar-refractivity contribution in [2.75, 3.05) is 19.6 Å². The molecule has 0 saturated carbocycles. The monoisotopic (exact) mass is 432 g/mol. The highest BCUT2D eigenvalue weighted by Gasteiger charge is 2.17. The van der Waals surface area contributed by atoms with Crippen molar-refractivity contribution in [1.82, 2.24) is 19.8 Å². The standard InChI is InChI=1S/C26H32N4O2/c1-19-8-5-6-16-29(19)17-7-15-27-25(31)22-13-11-21(12-14-22)18-30-24-10-4-3-9-23(24)28-20(2)26(30)32/h3-4,9-14,19H,5-8,15-18H2,1-2H3,(H,27,31). The zero-order valence-electron chi connectivity index (χ0n) is 19.0. The first-order valence-corrected chi connectivity index (χ1v) is 11.6. The second-order valence-electron chi connectivity index (χ2n) is 8.76. The Labute approximate surface area is 189 Å². The fourth-order valence-corrected chi connectivity index (χ4v) is 4.50. The number of piperidine rings is 1. The van der Waals surface area contributed by atoms with Crippen LogP contribution in [-0.2, 0) is 6.54 Å². The number of carbonyl (C=O) groups is 1. The fraction of sp³-hybridized carbons (Fsp3) is 0.423. The van der Waals surface area contributed by atoms with Gasteiger partial charge >= 0.3 is 0 Å². The topological polar surface area (TPSA) is 67.2 Å². The Balaban J connectivity index is 1.35. The second kappa shape index (κ2) is 10.1. The number of likely N-dealkylation sites (tertiary alicyclic amines) is 1. The molecule has 1 fully saturated rings. The van der Waals surface area contributed by atoms with E-state index >= 15 is 0 Å². The molecule has 0 spiro atoms. The molecule has 2 aromatic carbocycles. The lowest BCUT2D eigenvalue weighted by atomic mass is 10.0. The predicted molar refractivity (Wildman–Crippen MR) is 128 cm³/mol. The van der Waals surface area contributed by atoms with Crippen molar-refractivity contribution < 1.29 is 4.79 Å². The molecule has 4 rings (SSSR count). The van der Waals surface area contributed by atoms with Crippen LogP contribution >= 0.6 is 0 Å². The Kier molecular flexibility index (Phi) is 7.00. The van der Waals surface area contributed by atoms with E-state index in [1.807, 2.05) is 48.5 Å². The number of hydrogen-bond acceptors (Lipinski definition) is 4. The van der Waals surface area contributed by atoms with E-state index in [1.165, 1.54) is 25.8 Å². The number of carbonyl (C=O) groups excluding carboxylic acids is 1. The van der Waals surface area contributed by atoms with Crippen LogP contribution in [0, 0.1) is 6.92 Å². The van der Waals surface area contributed by atoms with Crippen LogP contribution in [-0.4, -0.2) is 46.0 Å². The molecule has 2 heterocycles. The number of hydrogen-bond donors (Lipinski definition) is 1. The predicted octanol–water partition coefficient (Wildman–Crippen LogP) is 3.75. The Hall–Kier alpha value is -2.99. The van der Waals surface area contributed by atoms with E-state index in [0.29, 0.717) is 30.4 Å². The van der Waals surface area contributed by atoms with Crippen LogP contribution in [0.5, 0.6) is 0 Å². The smallest absolute Gasteiger partial charge is 0.272 e. The highest BCUT2D eigenvalue weighted by Crippen LogP contribution is 2.16. The molecule has 1 unspecified atom stereocenters. The third kappa shape index (κ3) is 5.07. The maximum Gasteiger partial charge on any atom is 0.272 e. The summed E-state index contributed by atoms with van der Waals surface area (Å²) in [6.07, 6.45) is 4.85. The van der Waals surface area contributed by atoms with E-state index in [1.54, 1.807) is 11.5 Å².